The lowest BCUT2D eigenvalue weighted by Gasteiger charge is -2.09. The molecule has 4 nitrogen and oxygen atoms in total. The smallest absolute Gasteiger partial charge is 0.417 e. The fourth-order valence-electron chi connectivity index (χ4n) is 1.89. The van der Waals surface area contributed by atoms with E-state index in [9.17, 15) is 13.2 Å². The van der Waals surface area contributed by atoms with Gasteiger partial charge in [-0.3, -0.25) is 0 Å². The highest BCUT2D eigenvalue weighted by Crippen LogP contribution is 2.29. The summed E-state index contributed by atoms with van der Waals surface area (Å²) in [5, 5.41) is 0. The second-order valence-electron chi connectivity index (χ2n) is 5.21. The van der Waals surface area contributed by atoms with E-state index in [-0.39, 0.29) is 23.6 Å². The van der Waals surface area contributed by atoms with Gasteiger partial charge in [0.15, 0.2) is 0 Å². The van der Waals surface area contributed by atoms with E-state index in [1.807, 2.05) is 0 Å². The predicted molar refractivity (Wildman–Crippen MR) is 96.6 cm³/mol. The third-order valence-corrected chi connectivity index (χ3v) is 3.49. The van der Waals surface area contributed by atoms with Gasteiger partial charge in [-0.15, -0.1) is 0 Å². The molecule has 0 N–H and O–H groups in total. The first-order valence-corrected chi connectivity index (χ1v) is 8.63. The molecule has 0 unspecified atom stereocenters. The van der Waals surface area contributed by atoms with Gasteiger partial charge in [0.2, 0.25) is 5.88 Å². The van der Waals surface area contributed by atoms with Gasteiger partial charge >= 0.3 is 6.18 Å². The summed E-state index contributed by atoms with van der Waals surface area (Å²) in [5.41, 5.74) is -0.813. The molecule has 0 radical (unpaired) electrons. The van der Waals surface area contributed by atoms with Crippen LogP contribution in [0.4, 0.5) is 13.2 Å². The number of pyridine rings is 1. The Bertz CT molecular complexity index is 731. The van der Waals surface area contributed by atoms with E-state index in [1.165, 1.54) is 12.1 Å². The van der Waals surface area contributed by atoms with Crippen molar-refractivity contribution < 1.29 is 27.4 Å². The second-order valence-corrected chi connectivity index (χ2v) is 6.22. The van der Waals surface area contributed by atoms with Crippen LogP contribution in [-0.2, 0) is 6.18 Å². The highest BCUT2D eigenvalue weighted by molar-refractivity contribution is 6.55. The molecule has 1 aromatic heterocycles. The van der Waals surface area contributed by atoms with Gasteiger partial charge in [0.25, 0.3) is 0 Å². The zero-order valence-electron chi connectivity index (χ0n) is 14.0. The zero-order valence-corrected chi connectivity index (χ0v) is 15.5. The third kappa shape index (κ3) is 7.97. The minimum Gasteiger partial charge on any atom is -0.493 e. The van der Waals surface area contributed by atoms with E-state index < -0.39 is 11.7 Å². The van der Waals surface area contributed by atoms with Crippen molar-refractivity contribution in [2.45, 2.75) is 12.6 Å². The first-order chi connectivity index (χ1) is 12.8. The molecule has 0 spiro atoms. The van der Waals surface area contributed by atoms with E-state index >= 15 is 0 Å². The molecule has 0 atom stereocenters. The monoisotopic (exact) mass is 421 g/mol. The quantitative estimate of drug-likeness (QED) is 0.490. The van der Waals surface area contributed by atoms with Crippen molar-refractivity contribution in [1.82, 2.24) is 4.98 Å². The van der Waals surface area contributed by atoms with Gasteiger partial charge in [0.1, 0.15) is 22.6 Å². The van der Waals surface area contributed by atoms with Crippen molar-refractivity contribution >= 4 is 23.2 Å². The van der Waals surface area contributed by atoms with Crippen molar-refractivity contribution in [2.24, 2.45) is 0 Å². The normalized spacial score (nSPS) is 11.0. The molecule has 0 fully saturated rings. The summed E-state index contributed by atoms with van der Waals surface area (Å²) in [6.07, 6.45) is -1.60. The molecule has 0 bridgehead atoms. The van der Waals surface area contributed by atoms with Gasteiger partial charge in [0, 0.05) is 18.7 Å². The predicted octanol–water partition coefficient (Wildman–Crippen LogP) is 5.65. The van der Waals surface area contributed by atoms with Gasteiger partial charge in [0.05, 0.1) is 18.8 Å². The molecule has 0 saturated heterocycles. The van der Waals surface area contributed by atoms with Crippen molar-refractivity contribution in [1.29, 1.82) is 0 Å². The Hall–Kier alpha value is -2.12. The molecule has 0 amide bonds. The lowest BCUT2D eigenvalue weighted by atomic mass is 10.3. The summed E-state index contributed by atoms with van der Waals surface area (Å²) < 4.78 is 53.7. The number of rotatable bonds is 9. The van der Waals surface area contributed by atoms with Crippen LogP contribution in [0.25, 0.3) is 0 Å². The Labute approximate surface area is 164 Å². The molecular weight excluding hydrogens is 406 g/mol. The summed E-state index contributed by atoms with van der Waals surface area (Å²) in [5.74, 6) is 1.43. The van der Waals surface area contributed by atoms with Crippen LogP contribution in [0.5, 0.6) is 17.4 Å². The number of halogens is 5. The Morgan fingerprint density at radius 2 is 1.56 bits per heavy atom. The average molecular weight is 422 g/mol. The number of alkyl halides is 3. The van der Waals surface area contributed by atoms with Crippen molar-refractivity contribution in [2.75, 3.05) is 19.8 Å². The molecule has 27 heavy (non-hydrogen) atoms. The van der Waals surface area contributed by atoms with E-state index in [4.69, 9.17) is 37.4 Å². The maximum atomic E-state index is 12.4. The Balaban J connectivity index is 1.66. The number of aromatic nitrogens is 1. The molecule has 0 aliphatic rings. The molecular formula is C18H16Cl2F3NO3. The second kappa shape index (κ2) is 10.3. The van der Waals surface area contributed by atoms with E-state index in [0.29, 0.717) is 24.5 Å². The van der Waals surface area contributed by atoms with Gasteiger partial charge in [-0.05, 0) is 36.4 Å². The summed E-state index contributed by atoms with van der Waals surface area (Å²) in [7, 11) is 0. The lowest BCUT2D eigenvalue weighted by Crippen LogP contribution is -2.08. The Morgan fingerprint density at radius 3 is 2.11 bits per heavy atom. The summed E-state index contributed by atoms with van der Waals surface area (Å²) in [4.78, 5) is 3.63. The molecule has 2 rings (SSSR count). The fourth-order valence-corrected chi connectivity index (χ4v) is 2.02. The number of benzene rings is 1. The minimum atomic E-state index is -4.41. The standard InChI is InChI=1S/C18H16Cl2F3NO3/c19-16(20)8-11-26-15-5-3-14(4-6-15)25-9-1-10-27-17-7-2-13(12-24-17)18(21,22)23/h2-8,12H,1,9-11H2. The van der Waals surface area contributed by atoms with E-state index in [2.05, 4.69) is 4.98 Å². The van der Waals surface area contributed by atoms with E-state index in [1.54, 1.807) is 24.3 Å². The van der Waals surface area contributed by atoms with Crippen LogP contribution >= 0.6 is 23.2 Å². The maximum absolute atomic E-state index is 12.4. The molecule has 9 heteroatoms. The molecule has 1 heterocycles. The first-order valence-electron chi connectivity index (χ1n) is 7.87. The summed E-state index contributed by atoms with van der Waals surface area (Å²) in [6.45, 7) is 0.911. The number of hydrogen-bond donors (Lipinski definition) is 0. The largest absolute Gasteiger partial charge is 0.493 e. The van der Waals surface area contributed by atoms with Crippen LogP contribution in [0.3, 0.4) is 0 Å². The lowest BCUT2D eigenvalue weighted by molar-refractivity contribution is -0.137. The summed E-state index contributed by atoms with van der Waals surface area (Å²) >= 11 is 11.0. The highest BCUT2D eigenvalue weighted by Gasteiger charge is 2.30. The number of nitrogens with zero attached hydrogens (tertiary/aromatic N) is 1. The van der Waals surface area contributed by atoms with Crippen molar-refractivity contribution in [3.8, 4) is 17.4 Å². The topological polar surface area (TPSA) is 40.6 Å². The van der Waals surface area contributed by atoms with Gasteiger partial charge < -0.3 is 14.2 Å². The van der Waals surface area contributed by atoms with Crippen LogP contribution in [0.15, 0.2) is 53.2 Å². The Morgan fingerprint density at radius 1 is 0.926 bits per heavy atom. The average Bonchev–Trinajstić information content (AvgIpc) is 2.62. The molecule has 0 aliphatic heterocycles. The molecule has 146 valence electrons. The third-order valence-electron chi connectivity index (χ3n) is 3.18. The number of ether oxygens (including phenoxy) is 3. The van der Waals surface area contributed by atoms with Crippen LogP contribution < -0.4 is 14.2 Å². The van der Waals surface area contributed by atoms with Crippen LogP contribution in [0.1, 0.15) is 12.0 Å². The molecule has 0 saturated carbocycles. The molecule has 2 aromatic rings. The fraction of sp³-hybridized carbons (Fsp3) is 0.278. The molecule has 0 aliphatic carbocycles. The first kappa shape index (κ1) is 21.2. The SMILES string of the molecule is FC(F)(F)c1ccc(OCCCOc2ccc(OCC=C(Cl)Cl)cc2)nc1. The van der Waals surface area contributed by atoms with Gasteiger partial charge in [-0.25, -0.2) is 4.98 Å². The van der Waals surface area contributed by atoms with Gasteiger partial charge in [-0.2, -0.15) is 13.2 Å². The summed E-state index contributed by atoms with van der Waals surface area (Å²) in [6, 6.07) is 9.11. The van der Waals surface area contributed by atoms with Crippen molar-refractivity contribution in [3.05, 3.63) is 58.7 Å². The zero-order chi connectivity index (χ0) is 19.7. The van der Waals surface area contributed by atoms with Gasteiger partial charge in [-0.1, -0.05) is 23.2 Å². The van der Waals surface area contributed by atoms with Crippen molar-refractivity contribution in [3.63, 3.8) is 0 Å². The van der Waals surface area contributed by atoms with Crippen LogP contribution in [-0.4, -0.2) is 24.8 Å². The molecule has 1 aromatic carbocycles. The van der Waals surface area contributed by atoms with Crippen LogP contribution in [0, 0.1) is 0 Å². The minimum absolute atomic E-state index is 0.135. The number of hydrogen-bond acceptors (Lipinski definition) is 4. The highest BCUT2D eigenvalue weighted by atomic mass is 35.5. The Kier molecular flexibility index (Phi) is 8.06. The van der Waals surface area contributed by atoms with E-state index in [0.717, 1.165) is 12.3 Å². The maximum Gasteiger partial charge on any atom is 0.417 e. The van der Waals surface area contributed by atoms with Crippen LogP contribution in [0.2, 0.25) is 0 Å².